The topological polar surface area (TPSA) is 80.5 Å². The van der Waals surface area contributed by atoms with Crippen LogP contribution in [-0.4, -0.2) is 38.1 Å². The Labute approximate surface area is 148 Å². The first kappa shape index (κ1) is 17.8. The zero-order valence-electron chi connectivity index (χ0n) is 14.0. The summed E-state index contributed by atoms with van der Waals surface area (Å²) in [4.78, 5) is 12.9. The fraction of sp³-hybridized carbons (Fsp3) is 0.316. The summed E-state index contributed by atoms with van der Waals surface area (Å²) in [6.45, 7) is 1.34. The third-order valence-corrected chi connectivity index (χ3v) is 6.52. The van der Waals surface area contributed by atoms with Crippen LogP contribution < -0.4 is 5.73 Å². The number of piperidine rings is 1. The predicted molar refractivity (Wildman–Crippen MR) is 96.9 cm³/mol. The first-order valence-electron chi connectivity index (χ1n) is 8.43. The van der Waals surface area contributed by atoms with Gasteiger partial charge in [0.05, 0.1) is 4.90 Å². The number of nitrogens with zero attached hydrogens (tertiary/aromatic N) is 1. The highest BCUT2D eigenvalue weighted by atomic mass is 32.2. The van der Waals surface area contributed by atoms with Crippen LogP contribution in [0.1, 0.15) is 28.8 Å². The van der Waals surface area contributed by atoms with Crippen molar-refractivity contribution in [3.8, 4) is 0 Å². The summed E-state index contributed by atoms with van der Waals surface area (Å²) in [5.41, 5.74) is 6.41. The molecule has 6 heteroatoms. The van der Waals surface area contributed by atoms with Crippen LogP contribution in [0.4, 0.5) is 0 Å². The number of carbonyl (C=O) groups excluding carboxylic acids is 1. The van der Waals surface area contributed by atoms with Crippen molar-refractivity contribution >= 4 is 15.8 Å². The molecule has 0 spiro atoms. The lowest BCUT2D eigenvalue weighted by molar-refractivity contribution is 0.103. The van der Waals surface area contributed by atoms with Gasteiger partial charge >= 0.3 is 0 Å². The molecule has 0 aliphatic carbocycles. The summed E-state index contributed by atoms with van der Waals surface area (Å²) in [6.07, 6.45) is 1.73. The minimum Gasteiger partial charge on any atom is -0.330 e. The van der Waals surface area contributed by atoms with Gasteiger partial charge in [0.25, 0.3) is 0 Å². The van der Waals surface area contributed by atoms with Gasteiger partial charge in [0.2, 0.25) is 10.0 Å². The smallest absolute Gasteiger partial charge is 0.243 e. The fourth-order valence-corrected chi connectivity index (χ4v) is 4.94. The Bertz CT molecular complexity index is 850. The van der Waals surface area contributed by atoms with Gasteiger partial charge < -0.3 is 5.73 Å². The molecule has 1 saturated heterocycles. The summed E-state index contributed by atoms with van der Waals surface area (Å²) in [6, 6.07) is 15.2. The normalized spacial score (nSPS) is 18.8. The summed E-state index contributed by atoms with van der Waals surface area (Å²) < 4.78 is 27.7. The molecule has 1 fully saturated rings. The number of benzene rings is 2. The van der Waals surface area contributed by atoms with Crippen LogP contribution in [0.15, 0.2) is 59.5 Å². The second kappa shape index (κ2) is 7.47. The van der Waals surface area contributed by atoms with Crippen molar-refractivity contribution < 1.29 is 13.2 Å². The van der Waals surface area contributed by atoms with E-state index in [4.69, 9.17) is 5.73 Å². The molecule has 1 atom stereocenters. The standard InChI is InChI=1S/C19H22N2O3S/c20-13-15-7-6-12-21(14-15)25(23,24)18-11-5-4-10-17(18)19(22)16-8-2-1-3-9-16/h1-5,8-11,15H,6-7,12-14,20H2. The quantitative estimate of drug-likeness (QED) is 0.832. The van der Waals surface area contributed by atoms with Crippen LogP contribution >= 0.6 is 0 Å². The average Bonchev–Trinajstić information content (AvgIpc) is 2.68. The van der Waals surface area contributed by atoms with Crippen LogP contribution in [0.25, 0.3) is 0 Å². The minimum absolute atomic E-state index is 0.0709. The Balaban J connectivity index is 1.99. The number of sulfonamides is 1. The number of rotatable bonds is 5. The largest absolute Gasteiger partial charge is 0.330 e. The van der Waals surface area contributed by atoms with E-state index in [0.29, 0.717) is 25.2 Å². The Morgan fingerprint density at radius 1 is 1.08 bits per heavy atom. The summed E-state index contributed by atoms with van der Waals surface area (Å²) in [7, 11) is -3.73. The second-order valence-electron chi connectivity index (χ2n) is 6.30. The van der Waals surface area contributed by atoms with Gasteiger partial charge in [0.1, 0.15) is 0 Å². The number of ketones is 1. The van der Waals surface area contributed by atoms with E-state index >= 15 is 0 Å². The van der Waals surface area contributed by atoms with Crippen molar-refractivity contribution in [3.05, 3.63) is 65.7 Å². The summed E-state index contributed by atoms with van der Waals surface area (Å²) >= 11 is 0. The van der Waals surface area contributed by atoms with Gasteiger partial charge in [-0.25, -0.2) is 8.42 Å². The van der Waals surface area contributed by atoms with Crippen LogP contribution in [0.3, 0.4) is 0 Å². The Kier molecular flexibility index (Phi) is 5.32. The molecule has 5 nitrogen and oxygen atoms in total. The highest BCUT2D eigenvalue weighted by molar-refractivity contribution is 7.89. The zero-order valence-corrected chi connectivity index (χ0v) is 14.8. The van der Waals surface area contributed by atoms with Crippen molar-refractivity contribution in [2.75, 3.05) is 19.6 Å². The second-order valence-corrected chi connectivity index (χ2v) is 8.20. The SMILES string of the molecule is NCC1CCCN(S(=O)(=O)c2ccccc2C(=O)c2ccccc2)C1. The molecule has 0 radical (unpaired) electrons. The van der Waals surface area contributed by atoms with Crippen molar-refractivity contribution in [2.24, 2.45) is 11.7 Å². The van der Waals surface area contributed by atoms with E-state index in [1.165, 1.54) is 10.4 Å². The molecule has 1 aliphatic rings. The Morgan fingerprint density at radius 3 is 2.48 bits per heavy atom. The van der Waals surface area contributed by atoms with Gasteiger partial charge in [-0.05, 0) is 37.4 Å². The summed E-state index contributed by atoms with van der Waals surface area (Å²) in [5, 5.41) is 0. The van der Waals surface area contributed by atoms with Gasteiger partial charge in [-0.3, -0.25) is 4.79 Å². The molecule has 25 heavy (non-hydrogen) atoms. The first-order valence-corrected chi connectivity index (χ1v) is 9.87. The third-order valence-electron chi connectivity index (χ3n) is 4.60. The molecule has 0 saturated carbocycles. The van der Waals surface area contributed by atoms with E-state index in [2.05, 4.69) is 0 Å². The average molecular weight is 358 g/mol. The van der Waals surface area contributed by atoms with Crippen molar-refractivity contribution in [3.63, 3.8) is 0 Å². The van der Waals surface area contributed by atoms with E-state index in [1.54, 1.807) is 42.5 Å². The van der Waals surface area contributed by atoms with E-state index in [9.17, 15) is 13.2 Å². The molecule has 1 unspecified atom stereocenters. The lowest BCUT2D eigenvalue weighted by Crippen LogP contribution is -2.42. The maximum absolute atomic E-state index is 13.1. The predicted octanol–water partition coefficient (Wildman–Crippen LogP) is 2.28. The van der Waals surface area contributed by atoms with Gasteiger partial charge in [-0.1, -0.05) is 42.5 Å². The van der Waals surface area contributed by atoms with E-state index in [0.717, 1.165) is 12.8 Å². The lowest BCUT2D eigenvalue weighted by atomic mass is 10.0. The van der Waals surface area contributed by atoms with Crippen LogP contribution in [-0.2, 0) is 10.0 Å². The Morgan fingerprint density at radius 2 is 1.76 bits per heavy atom. The minimum atomic E-state index is -3.73. The molecule has 2 aromatic carbocycles. The molecule has 0 aromatic heterocycles. The van der Waals surface area contributed by atoms with Gasteiger partial charge in [0, 0.05) is 24.2 Å². The monoisotopic (exact) mass is 358 g/mol. The first-order chi connectivity index (χ1) is 12.0. The number of hydrogen-bond donors (Lipinski definition) is 1. The number of nitrogens with two attached hydrogens (primary N) is 1. The molecule has 132 valence electrons. The summed E-state index contributed by atoms with van der Waals surface area (Å²) in [5.74, 6) is -0.118. The molecule has 1 aliphatic heterocycles. The maximum atomic E-state index is 13.1. The van der Waals surface area contributed by atoms with Crippen molar-refractivity contribution in [1.82, 2.24) is 4.31 Å². The van der Waals surface area contributed by atoms with Crippen molar-refractivity contribution in [2.45, 2.75) is 17.7 Å². The molecule has 2 N–H and O–H groups in total. The van der Waals surface area contributed by atoms with Gasteiger partial charge in [0.15, 0.2) is 5.78 Å². The molecular formula is C19H22N2O3S. The number of hydrogen-bond acceptors (Lipinski definition) is 4. The van der Waals surface area contributed by atoms with Crippen molar-refractivity contribution in [1.29, 1.82) is 0 Å². The van der Waals surface area contributed by atoms with Crippen LogP contribution in [0.2, 0.25) is 0 Å². The molecular weight excluding hydrogens is 336 g/mol. The van der Waals surface area contributed by atoms with Gasteiger partial charge in [-0.2, -0.15) is 4.31 Å². The van der Waals surface area contributed by atoms with E-state index < -0.39 is 10.0 Å². The molecule has 0 bridgehead atoms. The number of carbonyl (C=O) groups is 1. The molecule has 1 heterocycles. The van der Waals surface area contributed by atoms with E-state index in [-0.39, 0.29) is 22.2 Å². The molecule has 2 aromatic rings. The van der Waals surface area contributed by atoms with E-state index in [1.807, 2.05) is 6.07 Å². The molecule has 3 rings (SSSR count). The highest BCUT2D eigenvalue weighted by Gasteiger charge is 2.32. The van der Waals surface area contributed by atoms with Crippen LogP contribution in [0.5, 0.6) is 0 Å². The van der Waals surface area contributed by atoms with Gasteiger partial charge in [-0.15, -0.1) is 0 Å². The molecule has 0 amide bonds. The maximum Gasteiger partial charge on any atom is 0.243 e. The van der Waals surface area contributed by atoms with Crippen LogP contribution in [0, 0.1) is 5.92 Å². The third kappa shape index (κ3) is 3.66. The highest BCUT2D eigenvalue weighted by Crippen LogP contribution is 2.26. The Hall–Kier alpha value is -2.02. The lowest BCUT2D eigenvalue weighted by Gasteiger charge is -2.31. The fourth-order valence-electron chi connectivity index (χ4n) is 3.20. The zero-order chi connectivity index (χ0) is 17.9.